The van der Waals surface area contributed by atoms with Gasteiger partial charge < -0.3 is 9.59 Å². The molecule has 0 unspecified atom stereocenters. The minimum Gasteiger partial charge on any atom is -0.300 e. The van der Waals surface area contributed by atoms with Crippen LogP contribution in [0.15, 0.2) is 0 Å². The molecule has 4 heteroatoms. The Labute approximate surface area is 74.2 Å². The van der Waals surface area contributed by atoms with Crippen LogP contribution >= 0.6 is 24.8 Å². The number of hydrogen-bond donors (Lipinski definition) is 0. The first kappa shape index (κ1) is 22.5. The molecule has 0 aliphatic carbocycles. The zero-order valence-electron chi connectivity index (χ0n) is 6.63. The largest absolute Gasteiger partial charge is 0.300 e. The van der Waals surface area contributed by atoms with E-state index in [-0.39, 0.29) is 36.4 Å². The maximum atomic E-state index is 9.44. The molecule has 0 bridgehead atoms. The molecule has 0 saturated carbocycles. The van der Waals surface area contributed by atoms with E-state index >= 15 is 0 Å². The number of Topliss-reactive ketones (excluding diaryl/α,β-unsaturated/α-hetero) is 2. The first-order chi connectivity index (χ1) is 3.46. The first-order valence-electron chi connectivity index (χ1n) is 2.41. The molecule has 0 radical (unpaired) electrons. The number of ketones is 2. The summed E-state index contributed by atoms with van der Waals surface area (Å²) in [5.41, 5.74) is 0. The van der Waals surface area contributed by atoms with Crippen molar-refractivity contribution in [2.24, 2.45) is 0 Å². The fourth-order valence-electron chi connectivity index (χ4n) is 0. The summed E-state index contributed by atoms with van der Waals surface area (Å²) in [6, 6.07) is 0. The van der Waals surface area contributed by atoms with Crippen LogP contribution < -0.4 is 0 Å². The van der Waals surface area contributed by atoms with Gasteiger partial charge in [0.2, 0.25) is 0 Å². The van der Waals surface area contributed by atoms with E-state index in [1.54, 1.807) is 0 Å². The minimum absolute atomic E-state index is 0. The smallest absolute Gasteiger partial charge is 0.126 e. The van der Waals surface area contributed by atoms with E-state index in [2.05, 4.69) is 0 Å². The summed E-state index contributed by atoms with van der Waals surface area (Å²) in [6.07, 6.45) is 0. The van der Waals surface area contributed by atoms with Gasteiger partial charge in [-0.15, -0.1) is 24.8 Å². The molecule has 0 aromatic heterocycles. The van der Waals surface area contributed by atoms with Crippen molar-refractivity contribution in [3.05, 3.63) is 0 Å². The van der Waals surface area contributed by atoms with E-state index in [4.69, 9.17) is 0 Å². The van der Waals surface area contributed by atoms with Gasteiger partial charge in [0.25, 0.3) is 0 Å². The van der Waals surface area contributed by atoms with Gasteiger partial charge in [0, 0.05) is 0 Å². The average molecular weight is 189 g/mol. The molecule has 0 fully saturated rings. The topological polar surface area (TPSA) is 34.1 Å². The number of carbonyl (C=O) groups excluding carboxylic acids is 2. The highest BCUT2D eigenvalue weighted by Gasteiger charge is 1.62. The summed E-state index contributed by atoms with van der Waals surface area (Å²) in [6.45, 7) is 6.11. The van der Waals surface area contributed by atoms with Crippen LogP contribution in [0.2, 0.25) is 0 Å². The normalized spacial score (nSPS) is 5.20. The lowest BCUT2D eigenvalue weighted by Crippen LogP contribution is -1.69. The van der Waals surface area contributed by atoms with Crippen LogP contribution in [0.5, 0.6) is 0 Å². The van der Waals surface area contributed by atoms with Crippen molar-refractivity contribution in [1.82, 2.24) is 0 Å². The van der Waals surface area contributed by atoms with E-state index in [0.717, 1.165) is 0 Å². The quantitative estimate of drug-likeness (QED) is 0.584. The molecular formula is C6H14Cl2O2. The van der Waals surface area contributed by atoms with E-state index in [1.165, 1.54) is 27.7 Å². The van der Waals surface area contributed by atoms with Gasteiger partial charge in [0.15, 0.2) is 0 Å². The molecule has 0 atom stereocenters. The van der Waals surface area contributed by atoms with Gasteiger partial charge in [-0.05, 0) is 27.7 Å². The molecule has 0 rings (SSSR count). The van der Waals surface area contributed by atoms with Crippen LogP contribution in [0.3, 0.4) is 0 Å². The van der Waals surface area contributed by atoms with E-state index in [0.29, 0.717) is 0 Å². The van der Waals surface area contributed by atoms with Crippen molar-refractivity contribution in [3.8, 4) is 0 Å². The third-order valence-corrected chi connectivity index (χ3v) is 0. The van der Waals surface area contributed by atoms with E-state index < -0.39 is 0 Å². The van der Waals surface area contributed by atoms with E-state index in [1.807, 2.05) is 0 Å². The zero-order valence-corrected chi connectivity index (χ0v) is 8.27. The predicted octanol–water partition coefficient (Wildman–Crippen LogP) is 2.03. The van der Waals surface area contributed by atoms with Gasteiger partial charge in [0.05, 0.1) is 0 Å². The molecule has 0 aliphatic rings. The molecule has 0 N–H and O–H groups in total. The second-order valence-corrected chi connectivity index (χ2v) is 1.82. The molecule has 0 spiro atoms. The Morgan fingerprint density at radius 2 is 0.700 bits per heavy atom. The molecule has 0 amide bonds. The molecule has 2 nitrogen and oxygen atoms in total. The number of rotatable bonds is 0. The van der Waals surface area contributed by atoms with Crippen LogP contribution in [-0.4, -0.2) is 11.6 Å². The molecule has 0 saturated heterocycles. The van der Waals surface area contributed by atoms with Gasteiger partial charge >= 0.3 is 0 Å². The molecule has 0 aliphatic heterocycles. The zero-order chi connectivity index (χ0) is 7.15. The minimum atomic E-state index is 0. The molecule has 0 aromatic rings. The maximum Gasteiger partial charge on any atom is 0.126 e. The third-order valence-electron chi connectivity index (χ3n) is 0. The lowest BCUT2D eigenvalue weighted by atomic mass is 10.6. The van der Waals surface area contributed by atoms with Crippen LogP contribution in [0.4, 0.5) is 0 Å². The lowest BCUT2D eigenvalue weighted by Gasteiger charge is -1.56. The summed E-state index contributed by atoms with van der Waals surface area (Å²) in [5.74, 6) is 0.333. The highest BCUT2D eigenvalue weighted by Crippen LogP contribution is 1.50. The van der Waals surface area contributed by atoms with Crippen molar-refractivity contribution < 1.29 is 9.59 Å². The maximum absolute atomic E-state index is 9.44. The molecule has 64 valence electrons. The Bertz CT molecular complexity index is 71.7. The molecule has 10 heavy (non-hydrogen) atoms. The van der Waals surface area contributed by atoms with Gasteiger partial charge in [0.1, 0.15) is 11.6 Å². The summed E-state index contributed by atoms with van der Waals surface area (Å²) in [7, 11) is 0. The molecule has 0 aromatic carbocycles. The fourth-order valence-corrected chi connectivity index (χ4v) is 0. The van der Waals surface area contributed by atoms with Crippen LogP contribution in [0.25, 0.3) is 0 Å². The van der Waals surface area contributed by atoms with Crippen LogP contribution in [0.1, 0.15) is 27.7 Å². The summed E-state index contributed by atoms with van der Waals surface area (Å²) in [5, 5.41) is 0. The molecular weight excluding hydrogens is 175 g/mol. The van der Waals surface area contributed by atoms with Gasteiger partial charge in [-0.3, -0.25) is 0 Å². The summed E-state index contributed by atoms with van der Waals surface area (Å²) in [4.78, 5) is 18.9. The first-order valence-corrected chi connectivity index (χ1v) is 2.41. The van der Waals surface area contributed by atoms with Crippen molar-refractivity contribution in [2.45, 2.75) is 27.7 Å². The summed E-state index contributed by atoms with van der Waals surface area (Å²) < 4.78 is 0. The van der Waals surface area contributed by atoms with E-state index in [9.17, 15) is 9.59 Å². The second-order valence-electron chi connectivity index (χ2n) is 1.82. The highest BCUT2D eigenvalue weighted by molar-refractivity contribution is 5.85. The number of hydrogen-bond acceptors (Lipinski definition) is 2. The third kappa shape index (κ3) is 59300. The van der Waals surface area contributed by atoms with Gasteiger partial charge in [-0.25, -0.2) is 0 Å². The average Bonchev–Trinajstić information content (AvgIpc) is 1.25. The molecule has 0 heterocycles. The van der Waals surface area contributed by atoms with Gasteiger partial charge in [-0.1, -0.05) is 0 Å². The Kier molecular flexibility index (Phi) is 36.0. The van der Waals surface area contributed by atoms with Crippen molar-refractivity contribution in [1.29, 1.82) is 0 Å². The van der Waals surface area contributed by atoms with Gasteiger partial charge in [-0.2, -0.15) is 0 Å². The Morgan fingerprint density at radius 1 is 0.700 bits per heavy atom. The number of carbonyl (C=O) groups is 2. The monoisotopic (exact) mass is 188 g/mol. The fraction of sp³-hybridized carbons (Fsp3) is 0.667. The van der Waals surface area contributed by atoms with Crippen LogP contribution in [-0.2, 0) is 9.59 Å². The standard InChI is InChI=1S/2C3H6O.2ClH/c2*1-3(2)4;;/h2*1-2H3;2*1H. The SMILES string of the molecule is CC(C)=O.CC(C)=O.Cl.Cl. The summed E-state index contributed by atoms with van der Waals surface area (Å²) >= 11 is 0. The lowest BCUT2D eigenvalue weighted by molar-refractivity contribution is -0.115. The highest BCUT2D eigenvalue weighted by atomic mass is 35.5. The predicted molar refractivity (Wildman–Crippen MR) is 47.2 cm³/mol. The van der Waals surface area contributed by atoms with Crippen LogP contribution in [0, 0.1) is 0 Å². The Morgan fingerprint density at radius 3 is 0.700 bits per heavy atom. The Balaban J connectivity index is -0.0000000300. The van der Waals surface area contributed by atoms with Crippen molar-refractivity contribution >= 4 is 36.4 Å². The second kappa shape index (κ2) is 16.0. The van der Waals surface area contributed by atoms with Crippen molar-refractivity contribution in [3.63, 3.8) is 0 Å². The number of halogens is 2. The Hall–Kier alpha value is -0.0800. The van der Waals surface area contributed by atoms with Crippen molar-refractivity contribution in [2.75, 3.05) is 0 Å².